The molecule has 0 saturated heterocycles. The number of hydrogen-bond acceptors (Lipinski definition) is 7. The summed E-state index contributed by atoms with van der Waals surface area (Å²) in [5, 5.41) is 3.47. The lowest BCUT2D eigenvalue weighted by atomic mass is 9.71. The van der Waals surface area contributed by atoms with Gasteiger partial charge in [0.2, 0.25) is 0 Å². The van der Waals surface area contributed by atoms with Gasteiger partial charge in [-0.1, -0.05) is 54.6 Å². The molecule has 0 aromatic heterocycles. The van der Waals surface area contributed by atoms with Gasteiger partial charge in [0.15, 0.2) is 17.3 Å². The van der Waals surface area contributed by atoms with Crippen LogP contribution in [0.15, 0.2) is 95.3 Å². The summed E-state index contributed by atoms with van der Waals surface area (Å²) in [6.07, 6.45) is 4.67. The molecule has 1 saturated carbocycles. The number of carbonyl (C=O) groups is 2. The molecule has 0 amide bonds. The van der Waals surface area contributed by atoms with Gasteiger partial charge in [-0.15, -0.1) is 0 Å². The van der Waals surface area contributed by atoms with Gasteiger partial charge in [-0.3, -0.25) is 4.79 Å². The SMILES string of the molecule is COc1ccc([C@@H]2CC(=O)C3=C(C2)NC(C)=C(C(=O)OC2CCCC2)[C@@H]3c2ccccc2OCc2ccccc2)cc1OC. The van der Waals surface area contributed by atoms with Crippen molar-refractivity contribution in [3.8, 4) is 17.2 Å². The Morgan fingerprint density at radius 2 is 1.59 bits per heavy atom. The molecule has 1 heterocycles. The van der Waals surface area contributed by atoms with Gasteiger partial charge >= 0.3 is 5.97 Å². The number of Topliss-reactive ketones (excluding diaryl/α,β-unsaturated/α-hetero) is 1. The van der Waals surface area contributed by atoms with Crippen LogP contribution in [-0.4, -0.2) is 32.1 Å². The number of hydrogen-bond donors (Lipinski definition) is 1. The third-order valence-electron chi connectivity index (χ3n) is 8.97. The van der Waals surface area contributed by atoms with Crippen LogP contribution in [0.2, 0.25) is 0 Å². The number of esters is 1. The number of rotatable bonds is 9. The van der Waals surface area contributed by atoms with E-state index in [1.54, 1.807) is 14.2 Å². The fraction of sp³-hybridized carbons (Fsp3) is 0.351. The van der Waals surface area contributed by atoms with Crippen molar-refractivity contribution in [2.24, 2.45) is 0 Å². The topological polar surface area (TPSA) is 83.1 Å². The minimum Gasteiger partial charge on any atom is -0.493 e. The van der Waals surface area contributed by atoms with Crippen molar-refractivity contribution in [3.05, 3.63) is 112 Å². The van der Waals surface area contributed by atoms with Crippen molar-refractivity contribution in [2.75, 3.05) is 14.2 Å². The summed E-state index contributed by atoms with van der Waals surface area (Å²) in [7, 11) is 3.22. The molecule has 1 aliphatic heterocycles. The Morgan fingerprint density at radius 1 is 0.864 bits per heavy atom. The lowest BCUT2D eigenvalue weighted by Gasteiger charge is -2.37. The summed E-state index contributed by atoms with van der Waals surface area (Å²) in [6.45, 7) is 2.27. The number of ether oxygens (including phenoxy) is 4. The lowest BCUT2D eigenvalue weighted by Crippen LogP contribution is -2.36. The number of methoxy groups -OCH3 is 2. The van der Waals surface area contributed by atoms with Crippen molar-refractivity contribution in [1.29, 1.82) is 0 Å². The van der Waals surface area contributed by atoms with E-state index in [0.29, 0.717) is 53.5 Å². The number of dihydropyridines is 1. The number of nitrogens with one attached hydrogen (secondary N) is 1. The fourth-order valence-electron chi connectivity index (χ4n) is 6.77. The molecule has 44 heavy (non-hydrogen) atoms. The van der Waals surface area contributed by atoms with Crippen LogP contribution in [0.3, 0.4) is 0 Å². The predicted octanol–water partition coefficient (Wildman–Crippen LogP) is 7.13. The first-order valence-corrected chi connectivity index (χ1v) is 15.4. The first-order chi connectivity index (χ1) is 21.5. The van der Waals surface area contributed by atoms with E-state index in [4.69, 9.17) is 18.9 Å². The molecule has 0 radical (unpaired) electrons. The van der Waals surface area contributed by atoms with Crippen molar-refractivity contribution < 1.29 is 28.5 Å². The first kappa shape index (κ1) is 29.5. The number of carbonyl (C=O) groups excluding carboxylic acids is 2. The molecular formula is C37H39NO6. The zero-order valence-corrected chi connectivity index (χ0v) is 25.6. The maximum atomic E-state index is 14.2. The second-order valence-electron chi connectivity index (χ2n) is 11.8. The lowest BCUT2D eigenvalue weighted by molar-refractivity contribution is -0.144. The van der Waals surface area contributed by atoms with Crippen molar-refractivity contribution in [3.63, 3.8) is 0 Å². The van der Waals surface area contributed by atoms with Crippen LogP contribution in [0.4, 0.5) is 0 Å². The molecule has 2 atom stereocenters. The molecular weight excluding hydrogens is 554 g/mol. The van der Waals surface area contributed by atoms with Gasteiger partial charge in [-0.05, 0) is 74.3 Å². The highest BCUT2D eigenvalue weighted by molar-refractivity contribution is 6.04. The maximum Gasteiger partial charge on any atom is 0.337 e. The molecule has 7 nitrogen and oxygen atoms in total. The molecule has 0 unspecified atom stereocenters. The van der Waals surface area contributed by atoms with E-state index in [9.17, 15) is 9.59 Å². The van der Waals surface area contributed by atoms with Crippen LogP contribution < -0.4 is 19.5 Å². The summed E-state index contributed by atoms with van der Waals surface area (Å²) in [5.74, 6) is 0.884. The minimum atomic E-state index is -0.606. The largest absolute Gasteiger partial charge is 0.493 e. The molecule has 0 spiro atoms. The molecule has 7 heteroatoms. The summed E-state index contributed by atoms with van der Waals surface area (Å²) >= 11 is 0. The van der Waals surface area contributed by atoms with Gasteiger partial charge in [0.05, 0.1) is 25.7 Å². The quantitative estimate of drug-likeness (QED) is 0.264. The Hall–Kier alpha value is -4.52. The predicted molar refractivity (Wildman–Crippen MR) is 168 cm³/mol. The van der Waals surface area contributed by atoms with E-state index in [2.05, 4.69) is 5.32 Å². The highest BCUT2D eigenvalue weighted by Gasteiger charge is 2.43. The second kappa shape index (κ2) is 13.0. The van der Waals surface area contributed by atoms with Crippen LogP contribution in [0.1, 0.15) is 74.0 Å². The van der Waals surface area contributed by atoms with Gasteiger partial charge in [0, 0.05) is 29.0 Å². The summed E-state index contributed by atoms with van der Waals surface area (Å²) in [4.78, 5) is 28.1. The molecule has 3 aliphatic rings. The third kappa shape index (κ3) is 5.96. The molecule has 6 rings (SSSR count). The maximum absolute atomic E-state index is 14.2. The van der Waals surface area contributed by atoms with E-state index in [1.807, 2.05) is 79.7 Å². The van der Waals surface area contributed by atoms with Crippen molar-refractivity contribution in [2.45, 2.75) is 70.0 Å². The fourth-order valence-corrected chi connectivity index (χ4v) is 6.77. The zero-order valence-electron chi connectivity index (χ0n) is 25.6. The number of para-hydroxylation sites is 1. The third-order valence-corrected chi connectivity index (χ3v) is 8.97. The molecule has 2 aliphatic carbocycles. The first-order valence-electron chi connectivity index (χ1n) is 15.4. The van der Waals surface area contributed by atoms with Crippen molar-refractivity contribution in [1.82, 2.24) is 5.32 Å². The highest BCUT2D eigenvalue weighted by Crippen LogP contribution is 2.48. The minimum absolute atomic E-state index is 0.0000590. The van der Waals surface area contributed by atoms with Gasteiger partial charge < -0.3 is 24.3 Å². The second-order valence-corrected chi connectivity index (χ2v) is 11.8. The molecule has 228 valence electrons. The number of benzene rings is 3. The molecule has 1 fully saturated rings. The number of ketones is 1. The average Bonchev–Trinajstić information content (AvgIpc) is 3.56. The Bertz CT molecular complexity index is 1600. The monoisotopic (exact) mass is 593 g/mol. The Labute approximate surface area is 258 Å². The standard InChI is InChI=1S/C37H39NO6/c1-23-34(37(40)44-27-13-7-8-14-27)35(28-15-9-10-16-31(28)43-22-24-11-5-4-6-12-24)36-29(38-23)19-26(20-30(36)39)25-17-18-32(41-2)33(21-25)42-3/h4-6,9-12,15-18,21,26-27,35,38H,7-8,13-14,19-20,22H2,1-3H3/t26-,35-/m0/s1. The Kier molecular flexibility index (Phi) is 8.73. The van der Waals surface area contributed by atoms with Gasteiger partial charge in [0.25, 0.3) is 0 Å². The molecule has 1 N–H and O–H groups in total. The van der Waals surface area contributed by atoms with Crippen LogP contribution in [0.5, 0.6) is 17.2 Å². The average molecular weight is 594 g/mol. The molecule has 3 aromatic carbocycles. The van der Waals surface area contributed by atoms with E-state index in [-0.39, 0.29) is 23.8 Å². The van der Waals surface area contributed by atoms with E-state index in [0.717, 1.165) is 48.1 Å². The van der Waals surface area contributed by atoms with Crippen LogP contribution in [0, 0.1) is 0 Å². The van der Waals surface area contributed by atoms with Crippen LogP contribution in [0.25, 0.3) is 0 Å². The van der Waals surface area contributed by atoms with Gasteiger partial charge in [0.1, 0.15) is 18.5 Å². The summed E-state index contributed by atoms with van der Waals surface area (Å²) in [5.41, 5.74) is 5.44. The normalized spacial score (nSPS) is 20.2. The van der Waals surface area contributed by atoms with E-state index < -0.39 is 5.92 Å². The highest BCUT2D eigenvalue weighted by atomic mass is 16.5. The Balaban J connectivity index is 1.39. The number of allylic oxidation sites excluding steroid dienone is 3. The van der Waals surface area contributed by atoms with E-state index in [1.165, 1.54) is 0 Å². The van der Waals surface area contributed by atoms with E-state index >= 15 is 0 Å². The molecule has 3 aromatic rings. The summed E-state index contributed by atoms with van der Waals surface area (Å²) in [6, 6.07) is 23.5. The van der Waals surface area contributed by atoms with Gasteiger partial charge in [-0.25, -0.2) is 4.79 Å². The molecule has 0 bridgehead atoms. The summed E-state index contributed by atoms with van der Waals surface area (Å²) < 4.78 is 23.4. The smallest absolute Gasteiger partial charge is 0.337 e. The Morgan fingerprint density at radius 3 is 2.34 bits per heavy atom. The van der Waals surface area contributed by atoms with Crippen LogP contribution >= 0.6 is 0 Å². The van der Waals surface area contributed by atoms with Crippen LogP contribution in [-0.2, 0) is 20.9 Å². The van der Waals surface area contributed by atoms with Gasteiger partial charge in [-0.2, -0.15) is 0 Å². The zero-order chi connectivity index (χ0) is 30.6. The van der Waals surface area contributed by atoms with Crippen molar-refractivity contribution >= 4 is 11.8 Å².